The molecule has 0 aliphatic carbocycles. The summed E-state index contributed by atoms with van der Waals surface area (Å²) in [6.45, 7) is 0. The van der Waals surface area contributed by atoms with Gasteiger partial charge in [-0.1, -0.05) is 115 Å². The lowest BCUT2D eigenvalue weighted by Crippen LogP contribution is -2.09. The van der Waals surface area contributed by atoms with Crippen LogP contribution in [0.1, 0.15) is 0 Å². The summed E-state index contributed by atoms with van der Waals surface area (Å²) >= 11 is 0. The van der Waals surface area contributed by atoms with Gasteiger partial charge in [0.05, 0.1) is 0 Å². The lowest BCUT2D eigenvalue weighted by Gasteiger charge is -2.26. The van der Waals surface area contributed by atoms with Gasteiger partial charge < -0.3 is 13.7 Å². The third kappa shape index (κ3) is 4.51. The topological polar surface area (TPSA) is 29.5 Å². The van der Waals surface area contributed by atoms with Crippen LogP contribution in [0.3, 0.4) is 0 Å². The third-order valence-electron chi connectivity index (χ3n) is 9.67. The van der Waals surface area contributed by atoms with Crippen LogP contribution in [0.25, 0.3) is 76.9 Å². The van der Waals surface area contributed by atoms with Crippen molar-refractivity contribution in [3.8, 4) is 22.3 Å². The van der Waals surface area contributed by atoms with Crippen molar-refractivity contribution in [3.05, 3.63) is 176 Å². The van der Waals surface area contributed by atoms with Crippen LogP contribution in [-0.2, 0) is 0 Å². The highest BCUT2D eigenvalue weighted by Crippen LogP contribution is 2.42. The Balaban J connectivity index is 1.11. The second-order valence-corrected chi connectivity index (χ2v) is 12.5. The van der Waals surface area contributed by atoms with Gasteiger partial charge in [0, 0.05) is 38.6 Å². The van der Waals surface area contributed by atoms with Crippen molar-refractivity contribution >= 4 is 71.7 Å². The zero-order valence-corrected chi connectivity index (χ0v) is 26.5. The zero-order chi connectivity index (χ0) is 32.3. The molecule has 0 bridgehead atoms. The molecule has 0 saturated carbocycles. The van der Waals surface area contributed by atoms with Crippen LogP contribution in [0.5, 0.6) is 0 Å². The molecule has 0 fully saturated rings. The lowest BCUT2D eigenvalue weighted by molar-refractivity contribution is 0.668. The van der Waals surface area contributed by atoms with E-state index in [1.807, 2.05) is 30.3 Å². The summed E-state index contributed by atoms with van der Waals surface area (Å²) in [6.07, 6.45) is 0. The first-order valence-electron chi connectivity index (χ1n) is 16.6. The maximum Gasteiger partial charge on any atom is 0.136 e. The highest BCUT2D eigenvalue weighted by atomic mass is 16.3. The van der Waals surface area contributed by atoms with Crippen molar-refractivity contribution in [2.24, 2.45) is 0 Å². The molecule has 0 aliphatic rings. The molecule has 0 saturated heterocycles. The van der Waals surface area contributed by atoms with Crippen LogP contribution in [0.4, 0.5) is 17.1 Å². The summed E-state index contributed by atoms with van der Waals surface area (Å²) in [6, 6.07) is 62.1. The Kier molecular flexibility index (Phi) is 6.18. The fourth-order valence-corrected chi connectivity index (χ4v) is 7.37. The van der Waals surface area contributed by atoms with Gasteiger partial charge in [0.1, 0.15) is 22.3 Å². The van der Waals surface area contributed by atoms with Gasteiger partial charge in [-0.05, 0) is 93.7 Å². The SMILES string of the molecule is c1ccc(-c2ccc(N(c3ccc(-c4cccc5oc6ccccc6c45)cc3)c3ccc4c(ccc5oc6ccccc6c54)c3)cc2)cc1. The van der Waals surface area contributed by atoms with Gasteiger partial charge in [-0.3, -0.25) is 0 Å². The van der Waals surface area contributed by atoms with Crippen molar-refractivity contribution in [3.63, 3.8) is 0 Å². The average Bonchev–Trinajstić information content (AvgIpc) is 3.75. The summed E-state index contributed by atoms with van der Waals surface area (Å²) in [5.41, 5.74) is 11.6. The number of anilines is 3. The first kappa shape index (κ1) is 27.5. The van der Waals surface area contributed by atoms with Crippen LogP contribution in [0.15, 0.2) is 185 Å². The van der Waals surface area contributed by atoms with Gasteiger partial charge in [-0.2, -0.15) is 0 Å². The molecule has 0 N–H and O–H groups in total. The molecule has 10 aromatic rings. The minimum Gasteiger partial charge on any atom is -0.456 e. The molecule has 10 rings (SSSR count). The van der Waals surface area contributed by atoms with Gasteiger partial charge in [0.15, 0.2) is 0 Å². The molecule has 49 heavy (non-hydrogen) atoms. The third-order valence-corrected chi connectivity index (χ3v) is 9.67. The summed E-state index contributed by atoms with van der Waals surface area (Å²) in [5, 5.41) is 6.92. The Morgan fingerprint density at radius 2 is 0.878 bits per heavy atom. The molecule has 0 spiro atoms. The Morgan fingerprint density at radius 3 is 1.59 bits per heavy atom. The fraction of sp³-hybridized carbons (Fsp3) is 0. The molecule has 0 amide bonds. The number of nitrogens with zero attached hydrogens (tertiary/aromatic N) is 1. The summed E-state index contributed by atoms with van der Waals surface area (Å²) in [7, 11) is 0. The smallest absolute Gasteiger partial charge is 0.136 e. The molecule has 0 atom stereocenters. The summed E-state index contributed by atoms with van der Waals surface area (Å²) < 4.78 is 12.4. The van der Waals surface area contributed by atoms with E-state index in [1.165, 1.54) is 16.5 Å². The number of benzene rings is 8. The minimum atomic E-state index is 0.901. The normalized spacial score (nSPS) is 11.7. The van der Waals surface area contributed by atoms with Gasteiger partial charge in [0.25, 0.3) is 0 Å². The quantitative estimate of drug-likeness (QED) is 0.190. The van der Waals surface area contributed by atoms with Crippen LogP contribution in [0, 0.1) is 0 Å². The van der Waals surface area contributed by atoms with Crippen molar-refractivity contribution < 1.29 is 8.83 Å². The first-order valence-corrected chi connectivity index (χ1v) is 16.6. The Bertz CT molecular complexity index is 2810. The molecule has 2 aromatic heterocycles. The number of hydrogen-bond acceptors (Lipinski definition) is 3. The van der Waals surface area contributed by atoms with E-state index in [9.17, 15) is 0 Å². The molecule has 0 radical (unpaired) electrons. The molecular formula is C46H29NO2. The maximum absolute atomic E-state index is 6.20. The summed E-state index contributed by atoms with van der Waals surface area (Å²) in [4.78, 5) is 2.34. The van der Waals surface area contributed by atoms with Crippen LogP contribution in [0.2, 0.25) is 0 Å². The van der Waals surface area contributed by atoms with E-state index in [2.05, 4.69) is 150 Å². The predicted octanol–water partition coefficient (Wildman–Crippen LogP) is 13.4. The van der Waals surface area contributed by atoms with Crippen molar-refractivity contribution in [2.45, 2.75) is 0 Å². The predicted molar refractivity (Wildman–Crippen MR) is 204 cm³/mol. The molecule has 0 unspecified atom stereocenters. The molecular weight excluding hydrogens is 599 g/mol. The molecule has 3 nitrogen and oxygen atoms in total. The van der Waals surface area contributed by atoms with Gasteiger partial charge >= 0.3 is 0 Å². The maximum atomic E-state index is 6.20. The van der Waals surface area contributed by atoms with E-state index in [0.717, 1.165) is 77.5 Å². The molecule has 2 heterocycles. The van der Waals surface area contributed by atoms with E-state index in [-0.39, 0.29) is 0 Å². The highest BCUT2D eigenvalue weighted by molar-refractivity contribution is 6.19. The second-order valence-electron chi connectivity index (χ2n) is 12.5. The standard InChI is InChI=1S/C46H29NO2/c1-2-9-30(10-3-1)31-17-22-34(23-18-31)47(36-26-27-38-33(29-36)21-28-44-46(38)40-12-5-7-15-42(40)49-44)35-24-19-32(20-25-35)37-13-8-16-43-45(37)39-11-4-6-14-41(39)48-43/h1-29H. The molecule has 230 valence electrons. The molecule has 0 aliphatic heterocycles. The van der Waals surface area contributed by atoms with E-state index in [0.29, 0.717) is 0 Å². The number of fused-ring (bicyclic) bond motifs is 8. The van der Waals surface area contributed by atoms with Crippen LogP contribution >= 0.6 is 0 Å². The van der Waals surface area contributed by atoms with Crippen LogP contribution in [-0.4, -0.2) is 0 Å². The van der Waals surface area contributed by atoms with E-state index < -0.39 is 0 Å². The number of para-hydroxylation sites is 2. The summed E-state index contributed by atoms with van der Waals surface area (Å²) in [5.74, 6) is 0. The lowest BCUT2D eigenvalue weighted by atomic mass is 9.98. The first-order chi connectivity index (χ1) is 24.3. The molecule has 8 aromatic carbocycles. The Hall–Kier alpha value is -6.58. The fourth-order valence-electron chi connectivity index (χ4n) is 7.37. The van der Waals surface area contributed by atoms with E-state index >= 15 is 0 Å². The second kappa shape index (κ2) is 11.0. The van der Waals surface area contributed by atoms with E-state index in [4.69, 9.17) is 8.83 Å². The van der Waals surface area contributed by atoms with Crippen molar-refractivity contribution in [1.82, 2.24) is 0 Å². The van der Waals surface area contributed by atoms with Crippen molar-refractivity contribution in [2.75, 3.05) is 4.90 Å². The minimum absolute atomic E-state index is 0.901. The highest BCUT2D eigenvalue weighted by Gasteiger charge is 2.17. The average molecular weight is 628 g/mol. The van der Waals surface area contributed by atoms with Crippen LogP contribution < -0.4 is 4.90 Å². The monoisotopic (exact) mass is 627 g/mol. The number of furan rings is 2. The van der Waals surface area contributed by atoms with Gasteiger partial charge in [-0.25, -0.2) is 0 Å². The zero-order valence-electron chi connectivity index (χ0n) is 26.5. The number of hydrogen-bond donors (Lipinski definition) is 0. The van der Waals surface area contributed by atoms with Crippen molar-refractivity contribution in [1.29, 1.82) is 0 Å². The number of rotatable bonds is 5. The Morgan fingerprint density at radius 1 is 0.327 bits per heavy atom. The Labute approximate surface area is 282 Å². The molecule has 3 heteroatoms. The van der Waals surface area contributed by atoms with E-state index in [1.54, 1.807) is 0 Å². The van der Waals surface area contributed by atoms with Gasteiger partial charge in [0.2, 0.25) is 0 Å². The van der Waals surface area contributed by atoms with Gasteiger partial charge in [-0.15, -0.1) is 0 Å². The largest absolute Gasteiger partial charge is 0.456 e.